The average molecular weight is 391 g/mol. The predicted molar refractivity (Wildman–Crippen MR) is 100 cm³/mol. The number of rotatable bonds is 6. The van der Waals surface area contributed by atoms with Gasteiger partial charge in [0.1, 0.15) is 5.00 Å². The molecule has 0 saturated heterocycles. The number of anilines is 2. The number of non-ortho nitro benzene ring substituents is 1. The number of nitro groups is 1. The molecule has 2 rings (SSSR count). The molecular formula is C17H17N3O6S. The van der Waals surface area contributed by atoms with E-state index >= 15 is 0 Å². The van der Waals surface area contributed by atoms with E-state index in [0.29, 0.717) is 5.56 Å². The second-order valence-electron chi connectivity index (χ2n) is 5.42. The van der Waals surface area contributed by atoms with Crippen molar-refractivity contribution in [1.29, 1.82) is 0 Å². The van der Waals surface area contributed by atoms with E-state index in [1.165, 1.54) is 31.2 Å². The molecule has 0 spiro atoms. The van der Waals surface area contributed by atoms with Crippen molar-refractivity contribution in [2.45, 2.75) is 20.8 Å². The van der Waals surface area contributed by atoms with Crippen molar-refractivity contribution in [1.82, 2.24) is 0 Å². The second-order valence-corrected chi connectivity index (χ2v) is 6.44. The van der Waals surface area contributed by atoms with Gasteiger partial charge in [0.15, 0.2) is 0 Å². The molecule has 2 N–H and O–H groups in total. The van der Waals surface area contributed by atoms with Gasteiger partial charge in [0.25, 0.3) is 11.6 Å². The molecule has 0 aliphatic carbocycles. The molecule has 0 saturated carbocycles. The van der Waals surface area contributed by atoms with Gasteiger partial charge in [0.05, 0.1) is 22.0 Å². The third-order valence-corrected chi connectivity index (χ3v) is 4.64. The van der Waals surface area contributed by atoms with E-state index in [1.54, 1.807) is 13.8 Å². The van der Waals surface area contributed by atoms with Crippen molar-refractivity contribution in [3.05, 3.63) is 50.4 Å². The van der Waals surface area contributed by atoms with E-state index in [4.69, 9.17) is 4.74 Å². The van der Waals surface area contributed by atoms with Gasteiger partial charge < -0.3 is 15.4 Å². The molecule has 9 nitrogen and oxygen atoms in total. The molecule has 0 unspecified atom stereocenters. The number of benzene rings is 1. The van der Waals surface area contributed by atoms with Crippen molar-refractivity contribution in [3.8, 4) is 0 Å². The molecule has 1 aromatic carbocycles. The number of carbonyl (C=O) groups is 3. The van der Waals surface area contributed by atoms with Gasteiger partial charge in [0, 0.05) is 24.7 Å². The van der Waals surface area contributed by atoms with Crippen molar-refractivity contribution in [3.63, 3.8) is 0 Å². The summed E-state index contributed by atoms with van der Waals surface area (Å²) in [6, 6.07) is 5.48. The Bertz CT molecular complexity index is 921. The first kappa shape index (κ1) is 20.0. The highest BCUT2D eigenvalue weighted by Crippen LogP contribution is 2.34. The van der Waals surface area contributed by atoms with Crippen LogP contribution in [0.5, 0.6) is 0 Å². The molecule has 27 heavy (non-hydrogen) atoms. The largest absolute Gasteiger partial charge is 0.462 e. The third-order valence-electron chi connectivity index (χ3n) is 3.44. The molecule has 0 aliphatic rings. The van der Waals surface area contributed by atoms with Gasteiger partial charge in [-0.25, -0.2) is 4.79 Å². The number of ether oxygens (including phenoxy) is 1. The van der Waals surface area contributed by atoms with E-state index in [0.717, 1.165) is 11.3 Å². The number of esters is 1. The molecular weight excluding hydrogens is 374 g/mol. The van der Waals surface area contributed by atoms with Crippen LogP contribution in [0.2, 0.25) is 0 Å². The molecule has 0 fully saturated rings. The summed E-state index contributed by atoms with van der Waals surface area (Å²) in [7, 11) is 0. The first-order chi connectivity index (χ1) is 12.7. The number of nitrogens with zero attached hydrogens (tertiary/aromatic N) is 1. The topological polar surface area (TPSA) is 128 Å². The van der Waals surface area contributed by atoms with Gasteiger partial charge in [-0.2, -0.15) is 0 Å². The monoisotopic (exact) mass is 391 g/mol. The fraction of sp³-hybridized carbons (Fsp3) is 0.235. The highest BCUT2D eigenvalue weighted by molar-refractivity contribution is 7.18. The van der Waals surface area contributed by atoms with Crippen LogP contribution >= 0.6 is 11.3 Å². The van der Waals surface area contributed by atoms with Crippen LogP contribution in [0.25, 0.3) is 0 Å². The zero-order valence-corrected chi connectivity index (χ0v) is 15.6. The van der Waals surface area contributed by atoms with E-state index in [-0.39, 0.29) is 33.4 Å². The summed E-state index contributed by atoms with van der Waals surface area (Å²) >= 11 is 0.928. The SMILES string of the molecule is CCOC(=O)c1c(NC(C)=O)sc(C(=O)Nc2cccc([N+](=O)[O-])c2)c1C. The van der Waals surface area contributed by atoms with Gasteiger partial charge in [-0.3, -0.25) is 19.7 Å². The second kappa shape index (κ2) is 8.41. The summed E-state index contributed by atoms with van der Waals surface area (Å²) in [5.41, 5.74) is 0.536. The molecule has 0 atom stereocenters. The Morgan fingerprint density at radius 2 is 1.96 bits per heavy atom. The van der Waals surface area contributed by atoms with E-state index in [1.807, 2.05) is 0 Å². The number of nitrogens with one attached hydrogen (secondary N) is 2. The van der Waals surface area contributed by atoms with Crippen LogP contribution in [-0.2, 0) is 9.53 Å². The molecule has 2 amide bonds. The quantitative estimate of drug-likeness (QED) is 0.441. The number of thiophene rings is 1. The number of amides is 2. The fourth-order valence-electron chi connectivity index (χ4n) is 2.31. The van der Waals surface area contributed by atoms with Gasteiger partial charge in [-0.15, -0.1) is 11.3 Å². The smallest absolute Gasteiger partial charge is 0.341 e. The van der Waals surface area contributed by atoms with Gasteiger partial charge in [-0.1, -0.05) is 6.07 Å². The van der Waals surface area contributed by atoms with Crippen molar-refractivity contribution >= 4 is 45.5 Å². The van der Waals surface area contributed by atoms with Crippen molar-refractivity contribution in [2.75, 3.05) is 17.2 Å². The summed E-state index contributed by atoms with van der Waals surface area (Å²) in [5, 5.41) is 16.2. The summed E-state index contributed by atoms with van der Waals surface area (Å²) < 4.78 is 4.99. The maximum Gasteiger partial charge on any atom is 0.341 e. The van der Waals surface area contributed by atoms with Gasteiger partial charge in [0.2, 0.25) is 5.91 Å². The zero-order chi connectivity index (χ0) is 20.1. The predicted octanol–water partition coefficient (Wildman–Crippen LogP) is 3.35. The highest BCUT2D eigenvalue weighted by atomic mass is 32.1. The molecule has 1 aromatic heterocycles. The number of carbonyl (C=O) groups excluding carboxylic acids is 3. The molecule has 2 aromatic rings. The Kier molecular flexibility index (Phi) is 6.24. The lowest BCUT2D eigenvalue weighted by molar-refractivity contribution is -0.384. The molecule has 10 heteroatoms. The Morgan fingerprint density at radius 1 is 1.26 bits per heavy atom. The lowest BCUT2D eigenvalue weighted by Crippen LogP contribution is -2.13. The minimum absolute atomic E-state index is 0.112. The Morgan fingerprint density at radius 3 is 2.56 bits per heavy atom. The van der Waals surface area contributed by atoms with Gasteiger partial charge in [-0.05, 0) is 25.5 Å². The van der Waals surface area contributed by atoms with Crippen LogP contribution in [0.15, 0.2) is 24.3 Å². The minimum atomic E-state index is -0.649. The zero-order valence-electron chi connectivity index (χ0n) is 14.8. The molecule has 1 heterocycles. The minimum Gasteiger partial charge on any atom is -0.462 e. The maximum atomic E-state index is 12.6. The first-order valence-corrected chi connectivity index (χ1v) is 8.70. The Labute approximate surface area is 158 Å². The van der Waals surface area contributed by atoms with Crippen LogP contribution in [0.4, 0.5) is 16.4 Å². The first-order valence-electron chi connectivity index (χ1n) is 7.88. The molecule has 0 aliphatic heterocycles. The highest BCUT2D eigenvalue weighted by Gasteiger charge is 2.26. The van der Waals surface area contributed by atoms with Crippen molar-refractivity contribution < 1.29 is 24.0 Å². The summed E-state index contributed by atoms with van der Waals surface area (Å²) in [5.74, 6) is -1.60. The Balaban J connectivity index is 2.38. The van der Waals surface area contributed by atoms with E-state index in [9.17, 15) is 24.5 Å². The summed E-state index contributed by atoms with van der Waals surface area (Å²) in [6.07, 6.45) is 0. The third kappa shape index (κ3) is 4.67. The van der Waals surface area contributed by atoms with Crippen LogP contribution in [0.1, 0.15) is 39.4 Å². The van der Waals surface area contributed by atoms with Crippen LogP contribution in [0.3, 0.4) is 0 Å². The average Bonchev–Trinajstić information content (AvgIpc) is 2.90. The number of hydrogen-bond acceptors (Lipinski definition) is 7. The van der Waals surface area contributed by atoms with Crippen LogP contribution in [0, 0.1) is 17.0 Å². The summed E-state index contributed by atoms with van der Waals surface area (Å²) in [6.45, 7) is 4.64. The standard InChI is InChI=1S/C17H17N3O6S/c1-4-26-17(23)13-9(2)14(27-16(13)18-10(3)21)15(22)19-11-6-5-7-12(8-11)20(24)25/h5-8H,4H2,1-3H3,(H,18,21)(H,19,22). The Hall–Kier alpha value is -3.27. The van der Waals surface area contributed by atoms with Gasteiger partial charge >= 0.3 is 5.97 Å². The van der Waals surface area contributed by atoms with E-state index < -0.39 is 22.7 Å². The summed E-state index contributed by atoms with van der Waals surface area (Å²) in [4.78, 5) is 46.7. The molecule has 0 radical (unpaired) electrons. The maximum absolute atomic E-state index is 12.6. The fourth-order valence-corrected chi connectivity index (χ4v) is 3.45. The number of hydrogen-bond donors (Lipinski definition) is 2. The lowest BCUT2D eigenvalue weighted by Gasteiger charge is -2.06. The van der Waals surface area contributed by atoms with Crippen molar-refractivity contribution in [2.24, 2.45) is 0 Å². The normalized spacial score (nSPS) is 10.2. The lowest BCUT2D eigenvalue weighted by atomic mass is 10.1. The van der Waals surface area contributed by atoms with Crippen LogP contribution < -0.4 is 10.6 Å². The molecule has 0 bridgehead atoms. The van der Waals surface area contributed by atoms with Crippen LogP contribution in [-0.4, -0.2) is 29.3 Å². The number of nitro benzene ring substituents is 1. The van der Waals surface area contributed by atoms with E-state index in [2.05, 4.69) is 10.6 Å². The molecule has 142 valence electrons.